The standard InChI is InChI=1S/C23H31N7O2/c1-23(2,3)32-22(31)24-10-18-15-5-6-16(18)13-29(12-15)21-20-7-8-25-30(20)14-19(27-21)17-9-26-28(4)11-17/h7-9,11,14-16,18H,5-6,10,12-13H2,1-4H3,(H,24,31). The summed E-state index contributed by atoms with van der Waals surface area (Å²) in [5.41, 5.74) is 2.38. The Morgan fingerprint density at radius 3 is 2.59 bits per heavy atom. The number of aromatic nitrogens is 5. The van der Waals surface area contributed by atoms with Crippen LogP contribution in [0.5, 0.6) is 0 Å². The molecule has 1 aliphatic heterocycles. The number of hydrogen-bond acceptors (Lipinski definition) is 6. The van der Waals surface area contributed by atoms with Gasteiger partial charge in [0.1, 0.15) is 11.1 Å². The third kappa shape index (κ3) is 4.03. The Morgan fingerprint density at radius 1 is 1.19 bits per heavy atom. The lowest BCUT2D eigenvalue weighted by molar-refractivity contribution is 0.0508. The second-order valence-electron chi connectivity index (χ2n) is 10.1. The van der Waals surface area contributed by atoms with E-state index in [4.69, 9.17) is 9.72 Å². The lowest BCUT2D eigenvalue weighted by Gasteiger charge is -2.39. The fourth-order valence-corrected chi connectivity index (χ4v) is 5.19. The average molecular weight is 438 g/mol. The van der Waals surface area contributed by atoms with Crippen molar-refractivity contribution in [2.45, 2.75) is 39.2 Å². The first-order valence-corrected chi connectivity index (χ1v) is 11.3. The maximum absolute atomic E-state index is 12.1. The van der Waals surface area contributed by atoms with E-state index in [0.717, 1.165) is 35.7 Å². The molecule has 0 radical (unpaired) electrons. The van der Waals surface area contributed by atoms with Crippen molar-refractivity contribution in [3.05, 3.63) is 30.9 Å². The number of nitrogens with zero attached hydrogens (tertiary/aromatic N) is 6. The third-order valence-electron chi connectivity index (χ3n) is 6.58. The van der Waals surface area contributed by atoms with E-state index in [1.165, 1.54) is 12.8 Å². The van der Waals surface area contributed by atoms with Crippen molar-refractivity contribution < 1.29 is 9.53 Å². The Bertz CT molecular complexity index is 1120. The van der Waals surface area contributed by atoms with Crippen molar-refractivity contribution in [1.29, 1.82) is 0 Å². The number of piperidine rings is 1. The fraction of sp³-hybridized carbons (Fsp3) is 0.565. The highest BCUT2D eigenvalue weighted by Crippen LogP contribution is 2.43. The van der Waals surface area contributed by atoms with Crippen LogP contribution in [0.3, 0.4) is 0 Å². The number of rotatable bonds is 4. The number of anilines is 1. The zero-order chi connectivity index (χ0) is 22.5. The van der Waals surface area contributed by atoms with Gasteiger partial charge in [0.2, 0.25) is 0 Å². The van der Waals surface area contributed by atoms with E-state index in [1.54, 1.807) is 4.68 Å². The molecule has 170 valence electrons. The van der Waals surface area contributed by atoms with Gasteiger partial charge in [0.25, 0.3) is 0 Å². The zero-order valence-corrected chi connectivity index (χ0v) is 19.2. The van der Waals surface area contributed by atoms with E-state index >= 15 is 0 Å². The van der Waals surface area contributed by atoms with E-state index in [2.05, 4.69) is 20.4 Å². The summed E-state index contributed by atoms with van der Waals surface area (Å²) in [7, 11) is 1.91. The predicted octanol–water partition coefficient (Wildman–Crippen LogP) is 3.12. The summed E-state index contributed by atoms with van der Waals surface area (Å²) < 4.78 is 9.11. The Labute approximate surface area is 187 Å². The topological polar surface area (TPSA) is 89.6 Å². The predicted molar refractivity (Wildman–Crippen MR) is 121 cm³/mol. The molecule has 1 saturated heterocycles. The molecule has 2 atom stereocenters. The highest BCUT2D eigenvalue weighted by atomic mass is 16.6. The van der Waals surface area contributed by atoms with Crippen LogP contribution in [-0.4, -0.2) is 55.7 Å². The fourth-order valence-electron chi connectivity index (χ4n) is 5.19. The summed E-state index contributed by atoms with van der Waals surface area (Å²) in [5, 5.41) is 11.8. The van der Waals surface area contributed by atoms with Crippen LogP contribution in [0.4, 0.5) is 10.6 Å². The second-order valence-corrected chi connectivity index (χ2v) is 10.1. The molecule has 1 aliphatic carbocycles. The van der Waals surface area contributed by atoms with Gasteiger partial charge >= 0.3 is 6.09 Å². The first kappa shape index (κ1) is 20.8. The van der Waals surface area contributed by atoms with Gasteiger partial charge in [-0.3, -0.25) is 4.68 Å². The van der Waals surface area contributed by atoms with Gasteiger partial charge in [0.05, 0.1) is 24.3 Å². The molecule has 0 aromatic carbocycles. The van der Waals surface area contributed by atoms with Gasteiger partial charge in [-0.25, -0.2) is 14.3 Å². The molecule has 2 unspecified atom stereocenters. The summed E-state index contributed by atoms with van der Waals surface area (Å²) in [6.07, 6.45) is 9.62. The SMILES string of the molecule is Cn1cc(-c2cn3nccc3c(N3CC4CCC(C3)C4CNC(=O)OC(C)(C)C)n2)cn1. The number of fused-ring (bicyclic) bond motifs is 3. The van der Waals surface area contributed by atoms with Crippen LogP contribution in [-0.2, 0) is 11.8 Å². The molecular formula is C23H31N7O2. The third-order valence-corrected chi connectivity index (χ3v) is 6.58. The van der Waals surface area contributed by atoms with Crippen LogP contribution >= 0.6 is 0 Å². The number of amides is 1. The number of carbonyl (C=O) groups excluding carboxylic acids is 1. The van der Waals surface area contributed by atoms with Crippen molar-refractivity contribution >= 4 is 17.4 Å². The second kappa shape index (κ2) is 7.79. The molecule has 5 rings (SSSR count). The highest BCUT2D eigenvalue weighted by Gasteiger charge is 2.42. The largest absolute Gasteiger partial charge is 0.444 e. The minimum absolute atomic E-state index is 0.328. The van der Waals surface area contributed by atoms with Crippen LogP contribution in [0.15, 0.2) is 30.9 Å². The van der Waals surface area contributed by atoms with Gasteiger partial charge in [0.15, 0.2) is 5.82 Å². The molecule has 1 N–H and O–H groups in total. The lowest BCUT2D eigenvalue weighted by Crippen LogP contribution is -2.47. The zero-order valence-electron chi connectivity index (χ0n) is 19.2. The maximum atomic E-state index is 12.1. The van der Waals surface area contributed by atoms with E-state index < -0.39 is 5.60 Å². The number of alkyl carbamates (subject to hydrolysis) is 1. The molecule has 3 aromatic heterocycles. The summed E-state index contributed by atoms with van der Waals surface area (Å²) in [4.78, 5) is 19.6. The number of nitrogens with one attached hydrogen (secondary N) is 1. The molecule has 4 heterocycles. The first-order chi connectivity index (χ1) is 15.3. The Hall–Kier alpha value is -3.10. The molecule has 9 heteroatoms. The van der Waals surface area contributed by atoms with Crippen molar-refractivity contribution in [1.82, 2.24) is 29.7 Å². The molecule has 9 nitrogen and oxygen atoms in total. The Kier molecular flexibility index (Phi) is 5.06. The van der Waals surface area contributed by atoms with Crippen LogP contribution in [0.2, 0.25) is 0 Å². The molecule has 1 amide bonds. The molecule has 32 heavy (non-hydrogen) atoms. The molecule has 2 bridgehead atoms. The van der Waals surface area contributed by atoms with Gasteiger partial charge in [-0.05, 0) is 57.4 Å². The monoisotopic (exact) mass is 437 g/mol. The van der Waals surface area contributed by atoms with Gasteiger partial charge in [-0.1, -0.05) is 0 Å². The summed E-state index contributed by atoms with van der Waals surface area (Å²) in [6, 6.07) is 2.02. The lowest BCUT2D eigenvalue weighted by atomic mass is 9.85. The Balaban J connectivity index is 1.34. The van der Waals surface area contributed by atoms with Crippen molar-refractivity contribution in [2.24, 2.45) is 24.8 Å². The summed E-state index contributed by atoms with van der Waals surface area (Å²) >= 11 is 0. The van der Waals surface area contributed by atoms with E-state index in [-0.39, 0.29) is 6.09 Å². The molecule has 1 saturated carbocycles. The van der Waals surface area contributed by atoms with E-state index in [0.29, 0.717) is 24.3 Å². The average Bonchev–Trinajstić information content (AvgIpc) is 3.42. The minimum atomic E-state index is -0.478. The number of ether oxygens (including phenoxy) is 1. The number of aryl methyl sites for hydroxylation is 1. The molecule has 0 spiro atoms. The number of hydrogen-bond donors (Lipinski definition) is 1. The minimum Gasteiger partial charge on any atom is -0.444 e. The van der Waals surface area contributed by atoms with Crippen molar-refractivity contribution in [3.8, 4) is 11.3 Å². The first-order valence-electron chi connectivity index (χ1n) is 11.3. The van der Waals surface area contributed by atoms with E-state index in [9.17, 15) is 4.79 Å². The van der Waals surface area contributed by atoms with Gasteiger partial charge in [0, 0.05) is 38.4 Å². The van der Waals surface area contributed by atoms with Crippen LogP contribution in [0.1, 0.15) is 33.6 Å². The maximum Gasteiger partial charge on any atom is 0.407 e. The molecule has 2 aliphatic rings. The normalized spacial score (nSPS) is 23.0. The van der Waals surface area contributed by atoms with Gasteiger partial charge in [-0.2, -0.15) is 10.2 Å². The highest BCUT2D eigenvalue weighted by molar-refractivity contribution is 5.73. The van der Waals surface area contributed by atoms with Gasteiger partial charge in [-0.15, -0.1) is 0 Å². The summed E-state index contributed by atoms with van der Waals surface area (Å²) in [6.45, 7) is 8.20. The molecule has 2 fully saturated rings. The quantitative estimate of drug-likeness (QED) is 0.675. The molecule has 3 aromatic rings. The van der Waals surface area contributed by atoms with Crippen molar-refractivity contribution in [2.75, 3.05) is 24.5 Å². The van der Waals surface area contributed by atoms with Crippen LogP contribution in [0, 0.1) is 17.8 Å². The smallest absolute Gasteiger partial charge is 0.407 e. The number of carbonyl (C=O) groups is 1. The van der Waals surface area contributed by atoms with E-state index in [1.807, 2.05) is 63.2 Å². The van der Waals surface area contributed by atoms with Crippen LogP contribution < -0.4 is 10.2 Å². The Morgan fingerprint density at radius 2 is 1.94 bits per heavy atom. The van der Waals surface area contributed by atoms with Crippen molar-refractivity contribution in [3.63, 3.8) is 0 Å². The molecular weight excluding hydrogens is 406 g/mol. The summed E-state index contributed by atoms with van der Waals surface area (Å²) in [5.74, 6) is 2.49. The van der Waals surface area contributed by atoms with Crippen LogP contribution in [0.25, 0.3) is 16.8 Å². The van der Waals surface area contributed by atoms with Gasteiger partial charge < -0.3 is 15.0 Å².